The monoisotopic (exact) mass is 258 g/mol. The first kappa shape index (κ1) is 15.6. The molecule has 0 unspecified atom stereocenters. The maximum atomic E-state index is 9.99. The van der Waals surface area contributed by atoms with E-state index in [0.717, 1.165) is 0 Å². The number of carbonyl (C=O) groups excluding carboxylic acids is 1. The minimum absolute atomic E-state index is 0. The summed E-state index contributed by atoms with van der Waals surface area (Å²) in [7, 11) is 0. The van der Waals surface area contributed by atoms with Crippen molar-refractivity contribution in [1.29, 1.82) is 0 Å². The number of rotatable bonds is 2. The lowest BCUT2D eigenvalue weighted by molar-refractivity contribution is -0.120. The minimum Gasteiger partial charge on any atom is -0.426 e. The van der Waals surface area contributed by atoms with Crippen LogP contribution in [0, 0.1) is 0 Å². The molecule has 7 heteroatoms. The molecule has 14 heavy (non-hydrogen) atoms. The van der Waals surface area contributed by atoms with Gasteiger partial charge in [-0.15, -0.1) is 24.8 Å². The summed E-state index contributed by atoms with van der Waals surface area (Å²) in [5, 5.41) is 0.374. The molecule has 0 bridgehead atoms. The maximum Gasteiger partial charge on any atom is 0.298 e. The normalized spacial score (nSPS) is 8.07. The molecule has 1 aromatic carbocycles. The van der Waals surface area contributed by atoms with Crippen LogP contribution in [0.1, 0.15) is 0 Å². The smallest absolute Gasteiger partial charge is 0.298 e. The lowest BCUT2D eigenvalue weighted by Crippen LogP contribution is -1.99. The van der Waals surface area contributed by atoms with E-state index in [1.54, 1.807) is 0 Å². The molecular formula is C7H9Cl3N2O2. The van der Waals surface area contributed by atoms with Gasteiger partial charge >= 0.3 is 0 Å². The summed E-state index contributed by atoms with van der Waals surface area (Å²) in [4.78, 5) is 9.99. The van der Waals surface area contributed by atoms with Crippen molar-refractivity contribution in [2.24, 2.45) is 0 Å². The first-order chi connectivity index (χ1) is 5.65. The summed E-state index contributed by atoms with van der Waals surface area (Å²) in [6.07, 6.45) is 0. The number of halogens is 3. The van der Waals surface area contributed by atoms with Gasteiger partial charge in [-0.2, -0.15) is 0 Å². The molecule has 4 nitrogen and oxygen atoms in total. The highest BCUT2D eigenvalue weighted by Gasteiger charge is 2.05. The minimum atomic E-state index is 0. The first-order valence-corrected chi connectivity index (χ1v) is 3.47. The Labute approximate surface area is 98.4 Å². The van der Waals surface area contributed by atoms with Crippen LogP contribution < -0.4 is 16.2 Å². The molecule has 80 valence electrons. The molecule has 0 atom stereocenters. The zero-order chi connectivity index (χ0) is 9.14. The second kappa shape index (κ2) is 6.59. The third kappa shape index (κ3) is 3.49. The fraction of sp³-hybridized carbons (Fsp3) is 0. The van der Waals surface area contributed by atoms with Gasteiger partial charge < -0.3 is 16.2 Å². The van der Waals surface area contributed by atoms with Crippen LogP contribution >= 0.6 is 36.4 Å². The van der Waals surface area contributed by atoms with Crippen molar-refractivity contribution < 1.29 is 9.53 Å². The molecule has 1 rings (SSSR count). The number of carbonyl (C=O) groups is 1. The van der Waals surface area contributed by atoms with E-state index in [0.29, 0.717) is 10.7 Å². The van der Waals surface area contributed by atoms with E-state index >= 15 is 0 Å². The number of nitrogens with two attached hydrogens (primary N) is 2. The summed E-state index contributed by atoms with van der Waals surface area (Å²) < 4.78 is 4.53. The molecule has 0 radical (unpaired) electrons. The topological polar surface area (TPSA) is 78.3 Å². The van der Waals surface area contributed by atoms with Gasteiger partial charge in [0.05, 0.1) is 11.4 Å². The molecule has 1 aromatic rings. The molecule has 0 fully saturated rings. The van der Waals surface area contributed by atoms with Gasteiger partial charge in [-0.3, -0.25) is 4.79 Å². The van der Waals surface area contributed by atoms with Crippen molar-refractivity contribution in [2.75, 3.05) is 11.5 Å². The van der Waals surface area contributed by atoms with Gasteiger partial charge in [-0.05, 0) is 6.07 Å². The number of ether oxygens (including phenoxy) is 1. The first-order valence-electron chi connectivity index (χ1n) is 3.10. The van der Waals surface area contributed by atoms with Gasteiger partial charge in [0.25, 0.3) is 6.47 Å². The van der Waals surface area contributed by atoms with Crippen LogP contribution in [0.25, 0.3) is 0 Å². The predicted octanol–water partition coefficient (Wildman–Crippen LogP) is 1.88. The standard InChI is InChI=1S/C7H7ClN2O2.2ClH/c8-4-1-5(9)7(10)6(2-4)12-3-11;;/h1-3H,9-10H2;2*1H. The highest BCUT2D eigenvalue weighted by Crippen LogP contribution is 2.31. The Morgan fingerprint density at radius 3 is 2.36 bits per heavy atom. The number of anilines is 2. The molecule has 0 spiro atoms. The summed E-state index contributed by atoms with van der Waals surface area (Å²) in [5.41, 5.74) is 11.4. The van der Waals surface area contributed by atoms with Crippen LogP contribution in [-0.4, -0.2) is 6.47 Å². The van der Waals surface area contributed by atoms with Crippen molar-refractivity contribution in [3.63, 3.8) is 0 Å². The lowest BCUT2D eigenvalue weighted by Gasteiger charge is -2.05. The fourth-order valence-corrected chi connectivity index (χ4v) is 0.979. The fourth-order valence-electron chi connectivity index (χ4n) is 0.763. The molecule has 0 aliphatic rings. The molecule has 0 saturated heterocycles. The Balaban J connectivity index is 0. The van der Waals surface area contributed by atoms with Crippen molar-refractivity contribution in [3.8, 4) is 5.75 Å². The molecule has 0 heterocycles. The third-order valence-corrected chi connectivity index (χ3v) is 1.53. The number of hydrogen-bond acceptors (Lipinski definition) is 4. The highest BCUT2D eigenvalue weighted by molar-refractivity contribution is 6.31. The Morgan fingerprint density at radius 1 is 1.29 bits per heavy atom. The van der Waals surface area contributed by atoms with Crippen molar-refractivity contribution in [3.05, 3.63) is 17.2 Å². The quantitative estimate of drug-likeness (QED) is 0.628. The predicted molar refractivity (Wildman–Crippen MR) is 61.5 cm³/mol. The average molecular weight is 260 g/mol. The molecule has 0 aromatic heterocycles. The van der Waals surface area contributed by atoms with Crippen LogP contribution in [0.4, 0.5) is 11.4 Å². The van der Waals surface area contributed by atoms with E-state index in [1.165, 1.54) is 12.1 Å². The summed E-state index contributed by atoms with van der Waals surface area (Å²) in [5.74, 6) is 0.176. The van der Waals surface area contributed by atoms with Gasteiger partial charge in [0.15, 0.2) is 5.75 Å². The SMILES string of the molecule is Cl.Cl.Nc1cc(Cl)cc(OC=O)c1N. The zero-order valence-corrected chi connectivity index (χ0v) is 9.29. The molecule has 0 aliphatic carbocycles. The zero-order valence-electron chi connectivity index (χ0n) is 6.90. The van der Waals surface area contributed by atoms with Gasteiger partial charge in [0, 0.05) is 11.1 Å². The van der Waals surface area contributed by atoms with Crippen molar-refractivity contribution in [1.82, 2.24) is 0 Å². The second-order valence-electron chi connectivity index (χ2n) is 2.12. The molecule has 4 N–H and O–H groups in total. The average Bonchev–Trinajstić information content (AvgIpc) is 2.00. The van der Waals surface area contributed by atoms with Crippen molar-refractivity contribution in [2.45, 2.75) is 0 Å². The summed E-state index contributed by atoms with van der Waals surface area (Å²) in [6.45, 7) is 0.265. The lowest BCUT2D eigenvalue weighted by atomic mass is 10.2. The Kier molecular flexibility index (Phi) is 7.35. The molecule has 0 amide bonds. The Morgan fingerprint density at radius 2 is 1.86 bits per heavy atom. The van der Waals surface area contributed by atoms with Crippen LogP contribution in [0.3, 0.4) is 0 Å². The van der Waals surface area contributed by atoms with E-state index in [2.05, 4.69) is 4.74 Å². The van der Waals surface area contributed by atoms with Crippen LogP contribution in [0.15, 0.2) is 12.1 Å². The Hall–Kier alpha value is -0.840. The number of nitrogen functional groups attached to an aromatic ring is 2. The Bertz CT molecular complexity index is 320. The molecule has 0 aliphatic heterocycles. The summed E-state index contributed by atoms with van der Waals surface area (Å²) in [6, 6.07) is 2.90. The van der Waals surface area contributed by atoms with E-state index in [-0.39, 0.29) is 42.7 Å². The van der Waals surface area contributed by atoms with Gasteiger partial charge in [-0.25, -0.2) is 0 Å². The van der Waals surface area contributed by atoms with E-state index in [9.17, 15) is 4.79 Å². The second-order valence-corrected chi connectivity index (χ2v) is 2.56. The number of benzene rings is 1. The van der Waals surface area contributed by atoms with Crippen molar-refractivity contribution >= 4 is 54.3 Å². The van der Waals surface area contributed by atoms with E-state index in [4.69, 9.17) is 23.1 Å². The van der Waals surface area contributed by atoms with E-state index < -0.39 is 0 Å². The van der Waals surface area contributed by atoms with Gasteiger partial charge in [0.1, 0.15) is 0 Å². The third-order valence-electron chi connectivity index (χ3n) is 1.31. The van der Waals surface area contributed by atoms with Gasteiger partial charge in [0.2, 0.25) is 0 Å². The maximum absolute atomic E-state index is 9.99. The number of hydrogen-bond donors (Lipinski definition) is 2. The van der Waals surface area contributed by atoms with Crippen LogP contribution in [0.5, 0.6) is 5.75 Å². The highest BCUT2D eigenvalue weighted by atomic mass is 35.5. The summed E-state index contributed by atoms with van der Waals surface area (Å²) >= 11 is 5.63. The molecule has 0 saturated carbocycles. The largest absolute Gasteiger partial charge is 0.426 e. The van der Waals surface area contributed by atoms with Crippen LogP contribution in [0.2, 0.25) is 5.02 Å². The van der Waals surface area contributed by atoms with Gasteiger partial charge in [-0.1, -0.05) is 11.6 Å². The van der Waals surface area contributed by atoms with Crippen LogP contribution in [-0.2, 0) is 4.79 Å². The molecular weight excluding hydrogens is 250 g/mol. The van der Waals surface area contributed by atoms with E-state index in [1.807, 2.05) is 0 Å².